The van der Waals surface area contributed by atoms with Crippen molar-refractivity contribution in [2.45, 2.75) is 46.6 Å². The molecule has 0 aromatic heterocycles. The van der Waals surface area contributed by atoms with Gasteiger partial charge in [-0.2, -0.15) is 0 Å². The van der Waals surface area contributed by atoms with Gasteiger partial charge in [0.15, 0.2) is 0 Å². The number of benzene rings is 2. The summed E-state index contributed by atoms with van der Waals surface area (Å²) in [6, 6.07) is 15.9. The summed E-state index contributed by atoms with van der Waals surface area (Å²) in [5.74, 6) is 0.353. The minimum atomic E-state index is -0.0849. The van der Waals surface area contributed by atoms with Gasteiger partial charge in [0.25, 0.3) is 0 Å². The predicted molar refractivity (Wildman–Crippen MR) is 106 cm³/mol. The van der Waals surface area contributed by atoms with Crippen molar-refractivity contribution in [3.05, 3.63) is 65.2 Å². The zero-order valence-electron chi connectivity index (χ0n) is 16.1. The van der Waals surface area contributed by atoms with Gasteiger partial charge < -0.3 is 10.2 Å². The van der Waals surface area contributed by atoms with Crippen LogP contribution < -0.4 is 5.32 Å². The van der Waals surface area contributed by atoms with Crippen LogP contribution in [0.4, 0.5) is 5.69 Å². The summed E-state index contributed by atoms with van der Waals surface area (Å²) in [7, 11) is 0. The van der Waals surface area contributed by atoms with E-state index in [-0.39, 0.29) is 18.2 Å². The van der Waals surface area contributed by atoms with E-state index in [1.165, 1.54) is 5.56 Å². The minimum Gasteiger partial charge on any atom is -0.338 e. The van der Waals surface area contributed by atoms with E-state index in [2.05, 4.69) is 19.2 Å². The van der Waals surface area contributed by atoms with Crippen molar-refractivity contribution in [3.8, 4) is 0 Å². The highest BCUT2D eigenvalue weighted by molar-refractivity contribution is 5.91. The Kier molecular flexibility index (Phi) is 6.96. The number of rotatable bonds is 7. The molecule has 138 valence electrons. The second-order valence-electron chi connectivity index (χ2n) is 6.94. The summed E-state index contributed by atoms with van der Waals surface area (Å²) in [6.45, 7) is 8.77. The summed E-state index contributed by atoms with van der Waals surface area (Å²) in [5.41, 5.74) is 4.28. The van der Waals surface area contributed by atoms with Gasteiger partial charge in [-0.15, -0.1) is 0 Å². The third-order valence-corrected chi connectivity index (χ3v) is 4.54. The fourth-order valence-corrected chi connectivity index (χ4v) is 2.75. The average Bonchev–Trinajstić information content (AvgIpc) is 2.60. The van der Waals surface area contributed by atoms with E-state index < -0.39 is 0 Å². The van der Waals surface area contributed by atoms with Crippen molar-refractivity contribution in [3.63, 3.8) is 0 Å². The standard InChI is InChI=1S/C22H28N2O2/c1-16(2)19-9-11-21(12-10-19)23-22(26)13-14-24(18(4)25)15-20-8-6-5-7-17(20)3/h5-12,16H,13-15H2,1-4H3,(H,23,26). The van der Waals surface area contributed by atoms with Crippen LogP contribution in [0.25, 0.3) is 0 Å². The van der Waals surface area contributed by atoms with Gasteiger partial charge in [-0.1, -0.05) is 50.2 Å². The lowest BCUT2D eigenvalue weighted by Gasteiger charge is -2.22. The highest BCUT2D eigenvalue weighted by Crippen LogP contribution is 2.17. The van der Waals surface area contributed by atoms with Crippen LogP contribution >= 0.6 is 0 Å². The average molecular weight is 352 g/mol. The molecule has 0 saturated carbocycles. The van der Waals surface area contributed by atoms with Crippen LogP contribution in [0.1, 0.15) is 49.8 Å². The fourth-order valence-electron chi connectivity index (χ4n) is 2.75. The van der Waals surface area contributed by atoms with Gasteiger partial charge in [-0.25, -0.2) is 0 Å². The molecule has 26 heavy (non-hydrogen) atoms. The largest absolute Gasteiger partial charge is 0.338 e. The van der Waals surface area contributed by atoms with E-state index in [9.17, 15) is 9.59 Å². The van der Waals surface area contributed by atoms with Gasteiger partial charge in [0.1, 0.15) is 0 Å². The van der Waals surface area contributed by atoms with E-state index in [1.807, 2.05) is 55.5 Å². The molecule has 0 spiro atoms. The maximum atomic E-state index is 12.2. The predicted octanol–water partition coefficient (Wildman–Crippen LogP) is 4.50. The summed E-state index contributed by atoms with van der Waals surface area (Å²) in [5, 5.41) is 2.90. The van der Waals surface area contributed by atoms with Gasteiger partial charge >= 0.3 is 0 Å². The zero-order valence-corrected chi connectivity index (χ0v) is 16.1. The van der Waals surface area contributed by atoms with Crippen LogP contribution in [0.5, 0.6) is 0 Å². The molecule has 2 rings (SSSR count). The number of carbonyl (C=O) groups is 2. The molecule has 0 saturated heterocycles. The van der Waals surface area contributed by atoms with Crippen LogP contribution in [0.3, 0.4) is 0 Å². The lowest BCUT2D eigenvalue weighted by atomic mass is 10.0. The van der Waals surface area contributed by atoms with E-state index in [4.69, 9.17) is 0 Å². The molecule has 4 nitrogen and oxygen atoms in total. The number of hydrogen-bond donors (Lipinski definition) is 1. The van der Waals surface area contributed by atoms with Crippen LogP contribution in [0, 0.1) is 6.92 Å². The highest BCUT2D eigenvalue weighted by atomic mass is 16.2. The van der Waals surface area contributed by atoms with Gasteiger partial charge in [0.2, 0.25) is 11.8 Å². The molecule has 0 fully saturated rings. The topological polar surface area (TPSA) is 49.4 Å². The van der Waals surface area contributed by atoms with E-state index in [1.54, 1.807) is 11.8 Å². The molecular weight excluding hydrogens is 324 g/mol. The van der Waals surface area contributed by atoms with Crippen molar-refractivity contribution < 1.29 is 9.59 Å². The zero-order chi connectivity index (χ0) is 19.1. The Morgan fingerprint density at radius 2 is 1.69 bits per heavy atom. The van der Waals surface area contributed by atoms with Gasteiger partial charge in [-0.05, 0) is 41.7 Å². The molecule has 0 radical (unpaired) electrons. The highest BCUT2D eigenvalue weighted by Gasteiger charge is 2.13. The molecular formula is C22H28N2O2. The Morgan fingerprint density at radius 1 is 1.04 bits per heavy atom. The summed E-state index contributed by atoms with van der Waals surface area (Å²) in [6.07, 6.45) is 0.275. The molecule has 4 heteroatoms. The normalized spacial score (nSPS) is 10.7. The molecule has 0 aliphatic carbocycles. The van der Waals surface area contributed by atoms with Gasteiger partial charge in [0, 0.05) is 32.1 Å². The third kappa shape index (κ3) is 5.73. The smallest absolute Gasteiger partial charge is 0.226 e. The monoisotopic (exact) mass is 352 g/mol. The number of amides is 2. The van der Waals surface area contributed by atoms with Crippen molar-refractivity contribution in [1.82, 2.24) is 4.90 Å². The summed E-state index contributed by atoms with van der Waals surface area (Å²) in [4.78, 5) is 25.9. The molecule has 0 atom stereocenters. The number of nitrogens with zero attached hydrogens (tertiary/aromatic N) is 1. The molecule has 2 aromatic carbocycles. The van der Waals surface area contributed by atoms with Gasteiger partial charge in [0.05, 0.1) is 0 Å². The van der Waals surface area contributed by atoms with Crippen LogP contribution in [0.2, 0.25) is 0 Å². The Hall–Kier alpha value is -2.62. The quantitative estimate of drug-likeness (QED) is 0.798. The lowest BCUT2D eigenvalue weighted by molar-refractivity contribution is -0.129. The Bertz CT molecular complexity index is 751. The number of aryl methyl sites for hydroxylation is 1. The maximum absolute atomic E-state index is 12.2. The molecule has 0 unspecified atom stereocenters. The van der Waals surface area contributed by atoms with Crippen molar-refractivity contribution in [1.29, 1.82) is 0 Å². The Balaban J connectivity index is 1.91. The first-order valence-electron chi connectivity index (χ1n) is 9.06. The van der Waals surface area contributed by atoms with Crippen molar-refractivity contribution in [2.75, 3.05) is 11.9 Å². The molecule has 0 aliphatic rings. The second-order valence-corrected chi connectivity index (χ2v) is 6.94. The first kappa shape index (κ1) is 19.7. The van der Waals surface area contributed by atoms with Crippen molar-refractivity contribution >= 4 is 17.5 Å². The first-order valence-corrected chi connectivity index (χ1v) is 9.06. The summed E-state index contributed by atoms with van der Waals surface area (Å²) >= 11 is 0. The minimum absolute atomic E-state index is 0.0256. The molecule has 0 heterocycles. The number of carbonyl (C=O) groups excluding carboxylic acids is 2. The summed E-state index contributed by atoms with van der Waals surface area (Å²) < 4.78 is 0. The molecule has 0 aliphatic heterocycles. The van der Waals surface area contributed by atoms with E-state index >= 15 is 0 Å². The number of nitrogens with one attached hydrogen (secondary N) is 1. The SMILES string of the molecule is CC(=O)N(CCC(=O)Nc1ccc(C(C)C)cc1)Cc1ccccc1C. The lowest BCUT2D eigenvalue weighted by Crippen LogP contribution is -2.31. The molecule has 1 N–H and O–H groups in total. The van der Waals surface area contributed by atoms with Crippen LogP contribution in [-0.4, -0.2) is 23.3 Å². The molecule has 2 amide bonds. The Morgan fingerprint density at radius 3 is 2.27 bits per heavy atom. The molecule has 2 aromatic rings. The number of hydrogen-bond acceptors (Lipinski definition) is 2. The second kappa shape index (κ2) is 9.18. The Labute approximate surface area is 156 Å². The van der Waals surface area contributed by atoms with Crippen molar-refractivity contribution in [2.24, 2.45) is 0 Å². The van der Waals surface area contributed by atoms with Gasteiger partial charge in [-0.3, -0.25) is 9.59 Å². The maximum Gasteiger partial charge on any atom is 0.226 e. The number of anilines is 1. The third-order valence-electron chi connectivity index (χ3n) is 4.54. The van der Waals surface area contributed by atoms with Crippen LogP contribution in [-0.2, 0) is 16.1 Å². The van der Waals surface area contributed by atoms with Crippen LogP contribution in [0.15, 0.2) is 48.5 Å². The molecule has 0 bridgehead atoms. The fraction of sp³-hybridized carbons (Fsp3) is 0.364. The van der Waals surface area contributed by atoms with E-state index in [0.717, 1.165) is 16.8 Å². The van der Waals surface area contributed by atoms with E-state index in [0.29, 0.717) is 19.0 Å². The first-order chi connectivity index (χ1) is 12.4.